The second-order valence-electron chi connectivity index (χ2n) is 4.94. The third kappa shape index (κ3) is 3.34. The number of hydrogen-bond donors (Lipinski definition) is 2. The van der Waals surface area contributed by atoms with Crippen LogP contribution in [0.25, 0.3) is 0 Å². The molecule has 1 aliphatic carbocycles. The summed E-state index contributed by atoms with van der Waals surface area (Å²) in [4.78, 5) is 0. The lowest BCUT2D eigenvalue weighted by atomic mass is 9.83. The number of para-hydroxylation sites is 1. The van der Waals surface area contributed by atoms with E-state index in [-0.39, 0.29) is 6.04 Å². The van der Waals surface area contributed by atoms with Crippen molar-refractivity contribution in [2.24, 2.45) is 11.7 Å². The molecule has 0 radical (unpaired) electrons. The van der Waals surface area contributed by atoms with Gasteiger partial charge in [0.25, 0.3) is 0 Å². The lowest BCUT2D eigenvalue weighted by Crippen LogP contribution is -2.35. The highest BCUT2D eigenvalue weighted by Gasteiger charge is 2.22. The summed E-state index contributed by atoms with van der Waals surface area (Å²) < 4.78 is 0. The summed E-state index contributed by atoms with van der Waals surface area (Å²) in [6.07, 6.45) is 6.49. The molecular weight excluding hydrogens is 208 g/mol. The number of nitrogens with one attached hydrogen (secondary N) is 1. The molecule has 0 aliphatic heterocycles. The number of benzene rings is 1. The van der Waals surface area contributed by atoms with Gasteiger partial charge in [0.1, 0.15) is 0 Å². The molecule has 0 saturated heterocycles. The van der Waals surface area contributed by atoms with Crippen LogP contribution in [0, 0.1) is 5.92 Å². The molecule has 1 aliphatic rings. The van der Waals surface area contributed by atoms with E-state index in [0.29, 0.717) is 5.92 Å². The Labute approximate surface area is 104 Å². The minimum Gasteiger partial charge on any atom is -0.358 e. The second-order valence-corrected chi connectivity index (χ2v) is 4.94. The van der Waals surface area contributed by atoms with E-state index in [1.54, 1.807) is 0 Å². The van der Waals surface area contributed by atoms with Crippen molar-refractivity contribution in [1.82, 2.24) is 0 Å². The van der Waals surface area contributed by atoms with Gasteiger partial charge in [-0.05, 0) is 30.9 Å². The SMILES string of the molecule is C=C(Nc1ccccc1)C(N)C1CCCCC1. The van der Waals surface area contributed by atoms with Gasteiger partial charge in [0.2, 0.25) is 0 Å². The zero-order valence-electron chi connectivity index (χ0n) is 10.4. The zero-order valence-corrected chi connectivity index (χ0v) is 10.4. The Morgan fingerprint density at radius 3 is 2.47 bits per heavy atom. The van der Waals surface area contributed by atoms with Crippen molar-refractivity contribution in [1.29, 1.82) is 0 Å². The van der Waals surface area contributed by atoms with Crippen molar-refractivity contribution < 1.29 is 0 Å². The van der Waals surface area contributed by atoms with Crippen LogP contribution >= 0.6 is 0 Å². The minimum absolute atomic E-state index is 0.0792. The van der Waals surface area contributed by atoms with Gasteiger partial charge in [0.05, 0.1) is 0 Å². The predicted molar refractivity (Wildman–Crippen MR) is 73.8 cm³/mol. The number of rotatable bonds is 4. The van der Waals surface area contributed by atoms with Crippen LogP contribution in [-0.4, -0.2) is 6.04 Å². The average Bonchev–Trinajstić information content (AvgIpc) is 2.40. The first-order valence-electron chi connectivity index (χ1n) is 6.54. The molecule has 1 fully saturated rings. The summed E-state index contributed by atoms with van der Waals surface area (Å²) in [6.45, 7) is 4.09. The normalized spacial score (nSPS) is 18.6. The molecule has 3 N–H and O–H groups in total. The van der Waals surface area contributed by atoms with Crippen LogP contribution in [0.15, 0.2) is 42.6 Å². The summed E-state index contributed by atoms with van der Waals surface area (Å²) in [5.41, 5.74) is 8.30. The Morgan fingerprint density at radius 2 is 1.82 bits per heavy atom. The minimum atomic E-state index is 0.0792. The van der Waals surface area contributed by atoms with Gasteiger partial charge in [0, 0.05) is 17.4 Å². The van der Waals surface area contributed by atoms with E-state index in [1.807, 2.05) is 30.3 Å². The Balaban J connectivity index is 1.90. The second kappa shape index (κ2) is 5.87. The molecule has 2 rings (SSSR count). The predicted octanol–water partition coefficient (Wildman–Crippen LogP) is 3.52. The van der Waals surface area contributed by atoms with E-state index in [4.69, 9.17) is 5.73 Å². The average molecular weight is 230 g/mol. The molecule has 2 nitrogen and oxygen atoms in total. The standard InChI is InChI=1S/C15H22N2/c1-12(17-14-10-6-3-7-11-14)15(16)13-8-4-2-5-9-13/h3,6-7,10-11,13,15,17H,1-2,4-5,8-9,16H2. The van der Waals surface area contributed by atoms with Gasteiger partial charge in [0.15, 0.2) is 0 Å². The van der Waals surface area contributed by atoms with Gasteiger partial charge >= 0.3 is 0 Å². The number of anilines is 1. The summed E-state index contributed by atoms with van der Waals surface area (Å²) in [5, 5.41) is 3.32. The first kappa shape index (κ1) is 12.2. The topological polar surface area (TPSA) is 38.0 Å². The van der Waals surface area contributed by atoms with Gasteiger partial charge < -0.3 is 11.1 Å². The maximum Gasteiger partial charge on any atom is 0.0470 e. The lowest BCUT2D eigenvalue weighted by Gasteiger charge is -2.29. The quantitative estimate of drug-likeness (QED) is 0.830. The molecule has 1 aromatic carbocycles. The van der Waals surface area contributed by atoms with Crippen LogP contribution in [0.1, 0.15) is 32.1 Å². The molecule has 0 aromatic heterocycles. The lowest BCUT2D eigenvalue weighted by molar-refractivity contribution is 0.326. The monoisotopic (exact) mass is 230 g/mol. The van der Waals surface area contributed by atoms with Gasteiger partial charge in [-0.3, -0.25) is 0 Å². The van der Waals surface area contributed by atoms with Crippen LogP contribution < -0.4 is 11.1 Å². The van der Waals surface area contributed by atoms with E-state index < -0.39 is 0 Å². The van der Waals surface area contributed by atoms with Crippen LogP contribution in [0.5, 0.6) is 0 Å². The van der Waals surface area contributed by atoms with Crippen molar-refractivity contribution in [3.05, 3.63) is 42.6 Å². The highest BCUT2D eigenvalue weighted by Crippen LogP contribution is 2.28. The highest BCUT2D eigenvalue weighted by atomic mass is 14.9. The van der Waals surface area contributed by atoms with Gasteiger partial charge in [-0.2, -0.15) is 0 Å². The summed E-state index contributed by atoms with van der Waals surface area (Å²) in [6, 6.07) is 10.2. The van der Waals surface area contributed by atoms with Gasteiger partial charge in [-0.25, -0.2) is 0 Å². The summed E-state index contributed by atoms with van der Waals surface area (Å²) in [5.74, 6) is 0.604. The molecule has 17 heavy (non-hydrogen) atoms. The van der Waals surface area contributed by atoms with Crippen molar-refractivity contribution >= 4 is 5.69 Å². The fourth-order valence-corrected chi connectivity index (χ4v) is 2.57. The van der Waals surface area contributed by atoms with Crippen molar-refractivity contribution in [2.75, 3.05) is 5.32 Å². The third-order valence-corrected chi connectivity index (χ3v) is 3.64. The Bertz CT molecular complexity index is 352. The smallest absolute Gasteiger partial charge is 0.0470 e. The summed E-state index contributed by atoms with van der Waals surface area (Å²) >= 11 is 0. The number of nitrogens with two attached hydrogens (primary N) is 1. The summed E-state index contributed by atoms with van der Waals surface area (Å²) in [7, 11) is 0. The molecule has 1 atom stereocenters. The molecule has 0 heterocycles. The Kier molecular flexibility index (Phi) is 4.21. The maximum absolute atomic E-state index is 6.28. The maximum atomic E-state index is 6.28. The molecule has 1 aromatic rings. The number of hydrogen-bond acceptors (Lipinski definition) is 2. The molecule has 1 saturated carbocycles. The fourth-order valence-electron chi connectivity index (χ4n) is 2.57. The largest absolute Gasteiger partial charge is 0.358 e. The van der Waals surface area contributed by atoms with Gasteiger partial charge in [-0.15, -0.1) is 0 Å². The van der Waals surface area contributed by atoms with E-state index in [9.17, 15) is 0 Å². The molecule has 0 amide bonds. The highest BCUT2D eigenvalue weighted by molar-refractivity contribution is 5.48. The van der Waals surface area contributed by atoms with E-state index in [2.05, 4.69) is 11.9 Å². The van der Waals surface area contributed by atoms with Crippen LogP contribution in [0.2, 0.25) is 0 Å². The van der Waals surface area contributed by atoms with Crippen LogP contribution in [-0.2, 0) is 0 Å². The van der Waals surface area contributed by atoms with Crippen LogP contribution in [0.3, 0.4) is 0 Å². The Morgan fingerprint density at radius 1 is 1.18 bits per heavy atom. The van der Waals surface area contributed by atoms with E-state index >= 15 is 0 Å². The van der Waals surface area contributed by atoms with Crippen molar-refractivity contribution in [3.8, 4) is 0 Å². The molecule has 0 bridgehead atoms. The van der Waals surface area contributed by atoms with Crippen molar-refractivity contribution in [3.63, 3.8) is 0 Å². The molecule has 2 heteroatoms. The van der Waals surface area contributed by atoms with E-state index in [0.717, 1.165) is 11.4 Å². The van der Waals surface area contributed by atoms with Gasteiger partial charge in [-0.1, -0.05) is 44.0 Å². The van der Waals surface area contributed by atoms with E-state index in [1.165, 1.54) is 32.1 Å². The third-order valence-electron chi connectivity index (χ3n) is 3.64. The first-order valence-corrected chi connectivity index (χ1v) is 6.54. The van der Waals surface area contributed by atoms with Crippen LogP contribution in [0.4, 0.5) is 5.69 Å². The molecule has 0 spiro atoms. The fraction of sp³-hybridized carbons (Fsp3) is 0.467. The van der Waals surface area contributed by atoms with Crippen molar-refractivity contribution in [2.45, 2.75) is 38.1 Å². The zero-order chi connectivity index (χ0) is 12.1. The molecule has 1 unspecified atom stereocenters. The molecule has 92 valence electrons. The molecular formula is C15H22N2. The first-order chi connectivity index (χ1) is 8.27. The Hall–Kier alpha value is -1.28.